The molecular weight excluding hydrogens is 176 g/mol. The van der Waals surface area contributed by atoms with Gasteiger partial charge in [0.25, 0.3) is 0 Å². The van der Waals surface area contributed by atoms with E-state index in [9.17, 15) is 0 Å². The number of pyridine rings is 1. The van der Waals surface area contributed by atoms with Crippen molar-refractivity contribution >= 4 is 5.65 Å². The van der Waals surface area contributed by atoms with Crippen LogP contribution in [0.2, 0.25) is 0 Å². The van der Waals surface area contributed by atoms with Crippen LogP contribution in [0.5, 0.6) is 0 Å². The Kier molecular flexibility index (Phi) is 2.45. The van der Waals surface area contributed by atoms with Gasteiger partial charge in [-0.05, 0) is 18.6 Å². The molecule has 0 spiro atoms. The molecule has 2 N–H and O–H groups in total. The van der Waals surface area contributed by atoms with E-state index in [2.05, 4.69) is 17.1 Å². The van der Waals surface area contributed by atoms with Gasteiger partial charge in [-0.2, -0.15) is 0 Å². The Balaban J connectivity index is 2.33. The molecule has 0 bridgehead atoms. The smallest absolute Gasteiger partial charge is 0.160 e. The fraction of sp³-hybridized carbons (Fsp3) is 0.400. The molecule has 2 aromatic rings. The summed E-state index contributed by atoms with van der Waals surface area (Å²) in [7, 11) is 0. The molecule has 0 amide bonds. The minimum Gasteiger partial charge on any atom is -0.327 e. The summed E-state index contributed by atoms with van der Waals surface area (Å²) < 4.78 is 1.98. The van der Waals surface area contributed by atoms with E-state index in [1.165, 1.54) is 0 Å². The first-order valence-corrected chi connectivity index (χ1v) is 4.85. The SMILES string of the molecule is CCC(N)Cc1nnc2ccccn12. The lowest BCUT2D eigenvalue weighted by molar-refractivity contribution is 0.620. The van der Waals surface area contributed by atoms with E-state index in [0.29, 0.717) is 0 Å². The predicted octanol–water partition coefficient (Wildman–Crippen LogP) is 1.01. The molecule has 14 heavy (non-hydrogen) atoms. The lowest BCUT2D eigenvalue weighted by atomic mass is 10.1. The summed E-state index contributed by atoms with van der Waals surface area (Å²) in [6, 6.07) is 6.03. The lowest BCUT2D eigenvalue weighted by Crippen LogP contribution is -2.22. The van der Waals surface area contributed by atoms with Gasteiger partial charge >= 0.3 is 0 Å². The van der Waals surface area contributed by atoms with Crippen LogP contribution in [-0.2, 0) is 6.42 Å². The first-order chi connectivity index (χ1) is 6.81. The molecule has 0 aliphatic carbocycles. The van der Waals surface area contributed by atoms with Crippen molar-refractivity contribution in [2.45, 2.75) is 25.8 Å². The highest BCUT2D eigenvalue weighted by atomic mass is 15.2. The molecule has 1 atom stereocenters. The molecule has 4 heteroatoms. The maximum Gasteiger partial charge on any atom is 0.160 e. The molecule has 0 aliphatic heterocycles. The zero-order valence-corrected chi connectivity index (χ0v) is 8.22. The Morgan fingerprint density at radius 3 is 3.07 bits per heavy atom. The highest BCUT2D eigenvalue weighted by Gasteiger charge is 2.07. The number of rotatable bonds is 3. The van der Waals surface area contributed by atoms with Crippen LogP contribution in [0.3, 0.4) is 0 Å². The second-order valence-electron chi connectivity index (χ2n) is 3.42. The normalized spacial score (nSPS) is 13.3. The van der Waals surface area contributed by atoms with Crippen molar-refractivity contribution in [3.8, 4) is 0 Å². The monoisotopic (exact) mass is 190 g/mol. The highest BCUT2D eigenvalue weighted by molar-refractivity contribution is 5.37. The standard InChI is InChI=1S/C10H14N4/c1-2-8(11)7-10-13-12-9-5-3-4-6-14(9)10/h3-6,8H,2,7,11H2,1H3. The van der Waals surface area contributed by atoms with Crippen molar-refractivity contribution < 1.29 is 0 Å². The fourth-order valence-electron chi connectivity index (χ4n) is 1.41. The number of hydrogen-bond acceptors (Lipinski definition) is 3. The van der Waals surface area contributed by atoms with Crippen LogP contribution in [0.15, 0.2) is 24.4 Å². The summed E-state index contributed by atoms with van der Waals surface area (Å²) in [5.41, 5.74) is 6.75. The van der Waals surface area contributed by atoms with Gasteiger partial charge in [0.05, 0.1) is 0 Å². The summed E-state index contributed by atoms with van der Waals surface area (Å²) in [6.07, 6.45) is 3.70. The molecule has 0 fully saturated rings. The first kappa shape index (κ1) is 9.15. The van der Waals surface area contributed by atoms with Crippen molar-refractivity contribution in [3.05, 3.63) is 30.2 Å². The van der Waals surface area contributed by atoms with Crippen molar-refractivity contribution in [2.24, 2.45) is 5.73 Å². The van der Waals surface area contributed by atoms with Crippen LogP contribution >= 0.6 is 0 Å². The average molecular weight is 190 g/mol. The molecule has 2 heterocycles. The van der Waals surface area contributed by atoms with Gasteiger partial charge in [-0.25, -0.2) is 0 Å². The number of hydrogen-bond donors (Lipinski definition) is 1. The quantitative estimate of drug-likeness (QED) is 0.785. The van der Waals surface area contributed by atoms with Gasteiger partial charge in [-0.15, -0.1) is 10.2 Å². The number of fused-ring (bicyclic) bond motifs is 1. The van der Waals surface area contributed by atoms with Gasteiger partial charge in [0.1, 0.15) is 5.82 Å². The molecular formula is C10H14N4. The van der Waals surface area contributed by atoms with Crippen LogP contribution in [0.4, 0.5) is 0 Å². The Morgan fingerprint density at radius 2 is 2.29 bits per heavy atom. The molecule has 2 aromatic heterocycles. The summed E-state index contributed by atoms with van der Waals surface area (Å²) in [5.74, 6) is 0.940. The Labute approximate surface area is 82.8 Å². The van der Waals surface area contributed by atoms with Crippen LogP contribution in [-0.4, -0.2) is 20.6 Å². The molecule has 2 rings (SSSR count). The summed E-state index contributed by atoms with van der Waals surface area (Å²) in [4.78, 5) is 0. The van der Waals surface area contributed by atoms with Crippen LogP contribution in [0.25, 0.3) is 5.65 Å². The van der Waals surface area contributed by atoms with Crippen LogP contribution in [0, 0.1) is 0 Å². The summed E-state index contributed by atoms with van der Waals surface area (Å²) in [6.45, 7) is 2.08. The molecule has 0 aromatic carbocycles. The van der Waals surface area contributed by atoms with Crippen molar-refractivity contribution in [1.29, 1.82) is 0 Å². The summed E-state index contributed by atoms with van der Waals surface area (Å²) in [5, 5.41) is 8.18. The Hall–Kier alpha value is -1.42. The van der Waals surface area contributed by atoms with Gasteiger partial charge < -0.3 is 5.73 Å². The minimum absolute atomic E-state index is 0.169. The molecule has 0 saturated heterocycles. The molecule has 74 valence electrons. The second-order valence-corrected chi connectivity index (χ2v) is 3.42. The van der Waals surface area contributed by atoms with Gasteiger partial charge in [0, 0.05) is 18.7 Å². The topological polar surface area (TPSA) is 56.2 Å². The largest absolute Gasteiger partial charge is 0.327 e. The van der Waals surface area contributed by atoms with E-state index in [0.717, 1.165) is 24.3 Å². The van der Waals surface area contributed by atoms with E-state index < -0.39 is 0 Å². The third-order valence-electron chi connectivity index (χ3n) is 2.35. The second kappa shape index (κ2) is 3.75. The van der Waals surface area contributed by atoms with E-state index in [1.54, 1.807) is 0 Å². The lowest BCUT2D eigenvalue weighted by Gasteiger charge is -2.05. The Bertz CT molecular complexity index is 421. The van der Waals surface area contributed by atoms with Crippen molar-refractivity contribution in [3.63, 3.8) is 0 Å². The van der Waals surface area contributed by atoms with E-state index in [1.807, 2.05) is 28.8 Å². The van der Waals surface area contributed by atoms with Gasteiger partial charge in [0.15, 0.2) is 5.65 Å². The zero-order chi connectivity index (χ0) is 9.97. The molecule has 1 unspecified atom stereocenters. The molecule has 0 saturated carbocycles. The minimum atomic E-state index is 0.169. The molecule has 0 aliphatic rings. The first-order valence-electron chi connectivity index (χ1n) is 4.85. The fourth-order valence-corrected chi connectivity index (χ4v) is 1.41. The predicted molar refractivity (Wildman–Crippen MR) is 55.0 cm³/mol. The average Bonchev–Trinajstić information content (AvgIpc) is 2.62. The number of aromatic nitrogens is 3. The van der Waals surface area contributed by atoms with E-state index >= 15 is 0 Å². The maximum atomic E-state index is 5.87. The van der Waals surface area contributed by atoms with E-state index in [4.69, 9.17) is 5.73 Å². The molecule has 4 nitrogen and oxygen atoms in total. The van der Waals surface area contributed by atoms with Gasteiger partial charge in [0.2, 0.25) is 0 Å². The number of nitrogens with zero attached hydrogens (tertiary/aromatic N) is 3. The van der Waals surface area contributed by atoms with Crippen LogP contribution in [0.1, 0.15) is 19.2 Å². The number of nitrogens with two attached hydrogens (primary N) is 1. The van der Waals surface area contributed by atoms with Crippen LogP contribution < -0.4 is 5.73 Å². The third-order valence-corrected chi connectivity index (χ3v) is 2.35. The highest BCUT2D eigenvalue weighted by Crippen LogP contribution is 2.05. The Morgan fingerprint density at radius 1 is 1.43 bits per heavy atom. The summed E-state index contributed by atoms with van der Waals surface area (Å²) >= 11 is 0. The third kappa shape index (κ3) is 1.61. The molecule has 0 radical (unpaired) electrons. The van der Waals surface area contributed by atoms with Crippen molar-refractivity contribution in [1.82, 2.24) is 14.6 Å². The van der Waals surface area contributed by atoms with Crippen molar-refractivity contribution in [2.75, 3.05) is 0 Å². The maximum absolute atomic E-state index is 5.87. The van der Waals surface area contributed by atoms with Gasteiger partial charge in [-0.1, -0.05) is 13.0 Å². The zero-order valence-electron chi connectivity index (χ0n) is 8.22. The van der Waals surface area contributed by atoms with E-state index in [-0.39, 0.29) is 6.04 Å². The van der Waals surface area contributed by atoms with Gasteiger partial charge in [-0.3, -0.25) is 4.40 Å².